The van der Waals surface area contributed by atoms with Crippen molar-refractivity contribution in [3.8, 4) is 5.75 Å². The van der Waals surface area contributed by atoms with E-state index < -0.39 is 7.42 Å². The highest BCUT2D eigenvalue weighted by Gasteiger charge is 2.01. The molecule has 0 amide bonds. The summed E-state index contributed by atoms with van der Waals surface area (Å²) in [5.74, 6) is 0.899. The molecule has 0 saturated carbocycles. The van der Waals surface area contributed by atoms with E-state index in [4.69, 9.17) is 26.9 Å². The minimum atomic E-state index is -1.41. The molecule has 0 spiro atoms. The number of methoxy groups -OCH3 is 1. The topological polar surface area (TPSA) is 9.23 Å². The normalized spacial score (nSPS) is 10.6. The van der Waals surface area contributed by atoms with Gasteiger partial charge in [0.05, 0.1) is 7.11 Å². The number of aryl methyl sites for hydroxylation is 1. The first-order valence-electron chi connectivity index (χ1n) is 4.63. The van der Waals surface area contributed by atoms with Gasteiger partial charge in [-0.1, -0.05) is 12.1 Å². The lowest BCUT2D eigenvalue weighted by Gasteiger charge is -2.03. The Kier molecular flexibility index (Phi) is 5.37. The fraction of sp³-hybridized carbons (Fsp3) is 0.400. The molecule has 0 saturated heterocycles. The number of benzene rings is 1. The lowest BCUT2D eigenvalue weighted by atomic mass is 10.1. The van der Waals surface area contributed by atoms with Crippen molar-refractivity contribution < 1.29 is 4.74 Å². The predicted molar refractivity (Wildman–Crippen MR) is 65.0 cm³/mol. The zero-order chi connectivity index (χ0) is 10.4. The van der Waals surface area contributed by atoms with Crippen LogP contribution in [0.15, 0.2) is 24.3 Å². The van der Waals surface area contributed by atoms with Gasteiger partial charge < -0.3 is 4.74 Å². The van der Waals surface area contributed by atoms with Crippen molar-refractivity contribution in [1.82, 2.24) is 0 Å². The zero-order valence-corrected chi connectivity index (χ0v) is 10.8. The van der Waals surface area contributed by atoms with Gasteiger partial charge in [0.2, 0.25) is 7.42 Å². The molecule has 4 heteroatoms. The summed E-state index contributed by atoms with van der Waals surface area (Å²) in [6.45, 7) is 0. The standard InChI is InChI=1S/C10H14Cl2OSi/c1-13-10-6-4-9(5-7-10)3-2-8-14(11)12/h4-7,14H,2-3,8H2,1H3. The first-order chi connectivity index (χ1) is 6.72. The van der Waals surface area contributed by atoms with Gasteiger partial charge in [0.1, 0.15) is 5.75 Å². The summed E-state index contributed by atoms with van der Waals surface area (Å²) in [5.41, 5.74) is 1.31. The molecule has 0 atom stereocenters. The predicted octanol–water partition coefficient (Wildman–Crippen LogP) is 3.33. The van der Waals surface area contributed by atoms with Crippen LogP contribution in [-0.2, 0) is 6.42 Å². The number of ether oxygens (including phenoxy) is 1. The molecule has 0 aliphatic heterocycles. The largest absolute Gasteiger partial charge is 0.497 e. The van der Waals surface area contributed by atoms with Crippen LogP contribution in [0.4, 0.5) is 0 Å². The molecule has 0 N–H and O–H groups in total. The SMILES string of the molecule is COc1ccc(CCC[SiH](Cl)Cl)cc1. The number of hydrogen-bond donors (Lipinski definition) is 0. The second-order valence-corrected chi connectivity index (χ2v) is 8.32. The van der Waals surface area contributed by atoms with Crippen LogP contribution in [0.1, 0.15) is 12.0 Å². The maximum atomic E-state index is 5.78. The van der Waals surface area contributed by atoms with Crippen molar-refractivity contribution in [3.63, 3.8) is 0 Å². The van der Waals surface area contributed by atoms with Gasteiger partial charge in [-0.15, -0.1) is 0 Å². The molecule has 1 aromatic rings. The second-order valence-electron chi connectivity index (χ2n) is 3.13. The van der Waals surface area contributed by atoms with Crippen molar-refractivity contribution in [1.29, 1.82) is 0 Å². The molecule has 1 rings (SSSR count). The van der Waals surface area contributed by atoms with E-state index >= 15 is 0 Å². The van der Waals surface area contributed by atoms with Gasteiger partial charge in [-0.05, 0) is 36.6 Å². The Morgan fingerprint density at radius 3 is 2.36 bits per heavy atom. The van der Waals surface area contributed by atoms with E-state index in [1.165, 1.54) is 5.56 Å². The van der Waals surface area contributed by atoms with E-state index in [0.717, 1.165) is 24.6 Å². The summed E-state index contributed by atoms with van der Waals surface area (Å²) >= 11 is 11.6. The van der Waals surface area contributed by atoms with Gasteiger partial charge in [0.25, 0.3) is 0 Å². The summed E-state index contributed by atoms with van der Waals surface area (Å²) in [7, 11) is 0.265. The summed E-state index contributed by atoms with van der Waals surface area (Å²) in [5, 5.41) is 0. The fourth-order valence-corrected chi connectivity index (χ4v) is 2.69. The average Bonchev–Trinajstić information content (AvgIpc) is 2.18. The maximum absolute atomic E-state index is 5.78. The minimum absolute atomic E-state index is 0.899. The Morgan fingerprint density at radius 1 is 1.21 bits per heavy atom. The lowest BCUT2D eigenvalue weighted by molar-refractivity contribution is 0.414. The molecule has 1 nitrogen and oxygen atoms in total. The summed E-state index contributed by atoms with van der Waals surface area (Å²) in [4.78, 5) is 0. The second kappa shape index (κ2) is 6.33. The van der Waals surface area contributed by atoms with Gasteiger partial charge in [-0.25, -0.2) is 0 Å². The molecule has 0 aromatic heterocycles. The molecule has 0 aliphatic carbocycles. The Bertz CT molecular complexity index is 261. The van der Waals surface area contributed by atoms with E-state index in [1.807, 2.05) is 12.1 Å². The molecular weight excluding hydrogens is 235 g/mol. The minimum Gasteiger partial charge on any atom is -0.497 e. The third kappa shape index (κ3) is 4.36. The molecule has 0 bridgehead atoms. The zero-order valence-electron chi connectivity index (χ0n) is 8.17. The van der Waals surface area contributed by atoms with Crippen LogP contribution in [0.5, 0.6) is 5.75 Å². The van der Waals surface area contributed by atoms with Gasteiger partial charge in [0.15, 0.2) is 0 Å². The number of rotatable bonds is 5. The summed E-state index contributed by atoms with van der Waals surface area (Å²) in [6, 6.07) is 9.10. The molecule has 0 unspecified atom stereocenters. The molecular formula is C10H14Cl2OSi. The Balaban J connectivity index is 2.36. The van der Waals surface area contributed by atoms with E-state index in [2.05, 4.69) is 12.1 Å². The molecule has 0 aliphatic rings. The first kappa shape index (κ1) is 11.9. The van der Waals surface area contributed by atoms with Crippen LogP contribution >= 0.6 is 22.2 Å². The van der Waals surface area contributed by atoms with Gasteiger partial charge in [-0.2, -0.15) is 22.2 Å². The maximum Gasteiger partial charge on any atom is 0.237 e. The third-order valence-electron chi connectivity index (χ3n) is 2.05. The fourth-order valence-electron chi connectivity index (χ4n) is 1.25. The monoisotopic (exact) mass is 248 g/mol. The average molecular weight is 249 g/mol. The smallest absolute Gasteiger partial charge is 0.237 e. The van der Waals surface area contributed by atoms with Crippen LogP contribution < -0.4 is 4.74 Å². The first-order valence-corrected chi connectivity index (χ1v) is 8.94. The van der Waals surface area contributed by atoms with E-state index in [0.29, 0.717) is 0 Å². The van der Waals surface area contributed by atoms with Crippen LogP contribution in [0.3, 0.4) is 0 Å². The van der Waals surface area contributed by atoms with Gasteiger partial charge in [0, 0.05) is 0 Å². The van der Waals surface area contributed by atoms with Crippen LogP contribution in [0.2, 0.25) is 6.04 Å². The summed E-state index contributed by atoms with van der Waals surface area (Å²) in [6.07, 6.45) is 2.13. The van der Waals surface area contributed by atoms with Crippen molar-refractivity contribution in [2.45, 2.75) is 18.9 Å². The van der Waals surface area contributed by atoms with Crippen molar-refractivity contribution in [3.05, 3.63) is 29.8 Å². The van der Waals surface area contributed by atoms with Crippen LogP contribution in [0, 0.1) is 0 Å². The molecule has 0 heterocycles. The van der Waals surface area contributed by atoms with Crippen molar-refractivity contribution in [2.75, 3.05) is 7.11 Å². The molecule has 14 heavy (non-hydrogen) atoms. The Morgan fingerprint density at radius 2 is 1.86 bits per heavy atom. The van der Waals surface area contributed by atoms with Crippen LogP contribution in [-0.4, -0.2) is 14.5 Å². The Hall–Kier alpha value is -0.183. The molecule has 78 valence electrons. The van der Waals surface area contributed by atoms with E-state index in [9.17, 15) is 0 Å². The van der Waals surface area contributed by atoms with Crippen molar-refractivity contribution in [2.24, 2.45) is 0 Å². The summed E-state index contributed by atoms with van der Waals surface area (Å²) < 4.78 is 5.08. The van der Waals surface area contributed by atoms with E-state index in [-0.39, 0.29) is 0 Å². The highest BCUT2D eigenvalue weighted by molar-refractivity contribution is 7.33. The molecule has 0 radical (unpaired) electrons. The highest BCUT2D eigenvalue weighted by Crippen LogP contribution is 2.15. The molecule has 0 fully saturated rings. The van der Waals surface area contributed by atoms with Crippen LogP contribution in [0.25, 0.3) is 0 Å². The quantitative estimate of drug-likeness (QED) is 0.574. The molecule has 1 aromatic carbocycles. The number of hydrogen-bond acceptors (Lipinski definition) is 1. The van der Waals surface area contributed by atoms with Gasteiger partial charge >= 0.3 is 0 Å². The van der Waals surface area contributed by atoms with Crippen molar-refractivity contribution >= 4 is 29.6 Å². The number of halogens is 2. The highest BCUT2D eigenvalue weighted by atomic mass is 35.7. The third-order valence-corrected chi connectivity index (χ3v) is 4.20. The lowest BCUT2D eigenvalue weighted by Crippen LogP contribution is -1.93. The van der Waals surface area contributed by atoms with Gasteiger partial charge in [-0.3, -0.25) is 0 Å². The van der Waals surface area contributed by atoms with E-state index in [1.54, 1.807) is 7.11 Å². The Labute approximate surface area is 96.0 Å².